The summed E-state index contributed by atoms with van der Waals surface area (Å²) in [6.07, 6.45) is 2.02. The largest absolute Gasteiger partial charge is 0.486 e. The minimum Gasteiger partial charge on any atom is -0.486 e. The number of hydrogen-bond acceptors (Lipinski definition) is 4. The van der Waals surface area contributed by atoms with Crippen molar-refractivity contribution in [1.29, 1.82) is 5.26 Å². The normalized spacial score (nSPS) is 18.9. The van der Waals surface area contributed by atoms with Crippen LogP contribution in [0, 0.1) is 16.7 Å². The Morgan fingerprint density at radius 2 is 2.00 bits per heavy atom. The maximum absolute atomic E-state index is 9.12. The molecule has 0 bridgehead atoms. The molecule has 4 nitrogen and oxygen atoms in total. The third-order valence-corrected chi connectivity index (χ3v) is 3.60. The van der Waals surface area contributed by atoms with Gasteiger partial charge in [0.15, 0.2) is 11.5 Å². The first-order valence-corrected chi connectivity index (χ1v) is 6.24. The number of fused-ring (bicyclic) bond motifs is 1. The standard InChI is InChI=1S/C14H16N2O2/c1-16(10-14(9-15)4-5-14)11-2-3-12-13(8-11)18-7-6-17-12/h2-3,8H,4-7,10H2,1H3. The summed E-state index contributed by atoms with van der Waals surface area (Å²) in [4.78, 5) is 2.12. The molecule has 1 fully saturated rings. The highest BCUT2D eigenvalue weighted by Crippen LogP contribution is 2.46. The summed E-state index contributed by atoms with van der Waals surface area (Å²) in [6.45, 7) is 1.99. The molecule has 1 heterocycles. The Labute approximate surface area is 107 Å². The second kappa shape index (κ2) is 4.09. The van der Waals surface area contributed by atoms with Gasteiger partial charge in [-0.25, -0.2) is 0 Å². The highest BCUT2D eigenvalue weighted by atomic mass is 16.6. The molecule has 0 radical (unpaired) electrons. The van der Waals surface area contributed by atoms with Crippen molar-refractivity contribution in [3.63, 3.8) is 0 Å². The summed E-state index contributed by atoms with van der Waals surface area (Å²) in [7, 11) is 2.02. The van der Waals surface area contributed by atoms with E-state index in [2.05, 4.69) is 11.0 Å². The van der Waals surface area contributed by atoms with Gasteiger partial charge < -0.3 is 14.4 Å². The minimum atomic E-state index is -0.123. The molecule has 1 aliphatic carbocycles. The molecule has 1 aromatic carbocycles. The van der Waals surface area contributed by atoms with E-state index in [4.69, 9.17) is 14.7 Å². The third kappa shape index (κ3) is 1.97. The molecule has 0 unspecified atom stereocenters. The molecule has 4 heteroatoms. The molecule has 0 amide bonds. The monoisotopic (exact) mass is 244 g/mol. The lowest BCUT2D eigenvalue weighted by Gasteiger charge is -2.24. The average Bonchev–Trinajstić information content (AvgIpc) is 3.18. The molecule has 2 aliphatic rings. The lowest BCUT2D eigenvalue weighted by molar-refractivity contribution is 0.171. The molecule has 3 rings (SSSR count). The molecule has 1 saturated carbocycles. The van der Waals surface area contributed by atoms with Crippen LogP contribution in [0.15, 0.2) is 18.2 Å². The number of rotatable bonds is 3. The van der Waals surface area contributed by atoms with Crippen molar-refractivity contribution in [1.82, 2.24) is 0 Å². The second-order valence-electron chi connectivity index (χ2n) is 5.08. The van der Waals surface area contributed by atoms with Crippen molar-refractivity contribution >= 4 is 5.69 Å². The van der Waals surface area contributed by atoms with Crippen LogP contribution in [0.4, 0.5) is 5.69 Å². The maximum Gasteiger partial charge on any atom is 0.163 e. The topological polar surface area (TPSA) is 45.5 Å². The fraction of sp³-hybridized carbons (Fsp3) is 0.500. The summed E-state index contributed by atoms with van der Waals surface area (Å²) < 4.78 is 11.1. The smallest absolute Gasteiger partial charge is 0.163 e. The molecule has 1 aromatic rings. The van der Waals surface area contributed by atoms with Crippen molar-refractivity contribution < 1.29 is 9.47 Å². The van der Waals surface area contributed by atoms with Crippen molar-refractivity contribution in [3.8, 4) is 17.6 Å². The van der Waals surface area contributed by atoms with E-state index in [9.17, 15) is 0 Å². The van der Waals surface area contributed by atoms with E-state index in [1.807, 2.05) is 25.2 Å². The molecule has 0 N–H and O–H groups in total. The van der Waals surface area contributed by atoms with E-state index < -0.39 is 0 Å². The van der Waals surface area contributed by atoms with Gasteiger partial charge in [0.1, 0.15) is 13.2 Å². The van der Waals surface area contributed by atoms with Gasteiger partial charge in [0.2, 0.25) is 0 Å². The van der Waals surface area contributed by atoms with Gasteiger partial charge in [-0.05, 0) is 25.0 Å². The molecular weight excluding hydrogens is 228 g/mol. The van der Waals surface area contributed by atoms with E-state index in [-0.39, 0.29) is 5.41 Å². The van der Waals surface area contributed by atoms with Gasteiger partial charge >= 0.3 is 0 Å². The first kappa shape index (κ1) is 11.2. The van der Waals surface area contributed by atoms with Crippen LogP contribution in [0.1, 0.15) is 12.8 Å². The van der Waals surface area contributed by atoms with Crippen LogP contribution in [-0.2, 0) is 0 Å². The molecular formula is C14H16N2O2. The van der Waals surface area contributed by atoms with E-state index in [1.165, 1.54) is 0 Å². The number of hydrogen-bond donors (Lipinski definition) is 0. The first-order valence-electron chi connectivity index (χ1n) is 6.24. The molecule has 0 aromatic heterocycles. The van der Waals surface area contributed by atoms with Crippen molar-refractivity contribution in [2.45, 2.75) is 12.8 Å². The number of ether oxygens (including phenoxy) is 2. The second-order valence-corrected chi connectivity index (χ2v) is 5.08. The summed E-state index contributed by atoms with van der Waals surface area (Å²) in [5.41, 5.74) is 0.947. The van der Waals surface area contributed by atoms with Gasteiger partial charge in [-0.15, -0.1) is 0 Å². The van der Waals surface area contributed by atoms with Crippen LogP contribution >= 0.6 is 0 Å². The molecule has 18 heavy (non-hydrogen) atoms. The van der Waals surface area contributed by atoms with Crippen LogP contribution in [0.2, 0.25) is 0 Å². The Balaban J connectivity index is 1.78. The lowest BCUT2D eigenvalue weighted by atomic mass is 10.1. The van der Waals surface area contributed by atoms with Crippen LogP contribution in [0.25, 0.3) is 0 Å². The highest BCUT2D eigenvalue weighted by molar-refractivity contribution is 5.56. The summed E-state index contributed by atoms with van der Waals surface area (Å²) in [6, 6.07) is 8.36. The Bertz CT molecular complexity index is 503. The third-order valence-electron chi connectivity index (χ3n) is 3.60. The number of benzene rings is 1. The maximum atomic E-state index is 9.12. The number of anilines is 1. The molecule has 0 atom stereocenters. The van der Waals surface area contributed by atoms with E-state index in [0.29, 0.717) is 13.2 Å². The SMILES string of the molecule is CN(CC1(C#N)CC1)c1ccc2c(c1)OCCO2. The Morgan fingerprint density at radius 1 is 1.28 bits per heavy atom. The molecule has 1 aliphatic heterocycles. The van der Waals surface area contributed by atoms with Crippen LogP contribution in [-0.4, -0.2) is 26.8 Å². The van der Waals surface area contributed by atoms with Crippen molar-refractivity contribution in [3.05, 3.63) is 18.2 Å². The van der Waals surface area contributed by atoms with Crippen molar-refractivity contribution in [2.24, 2.45) is 5.41 Å². The summed E-state index contributed by atoms with van der Waals surface area (Å²) >= 11 is 0. The Morgan fingerprint density at radius 3 is 2.67 bits per heavy atom. The van der Waals surface area contributed by atoms with E-state index in [1.54, 1.807) is 0 Å². The lowest BCUT2D eigenvalue weighted by Crippen LogP contribution is -2.26. The van der Waals surface area contributed by atoms with Gasteiger partial charge in [0.05, 0.1) is 11.5 Å². The quantitative estimate of drug-likeness (QED) is 0.817. The predicted octanol–water partition coefficient (Wildman–Crippen LogP) is 2.20. The fourth-order valence-corrected chi connectivity index (χ4v) is 2.27. The van der Waals surface area contributed by atoms with Gasteiger partial charge in [0.25, 0.3) is 0 Å². The fourth-order valence-electron chi connectivity index (χ4n) is 2.27. The van der Waals surface area contributed by atoms with Crippen LogP contribution in [0.3, 0.4) is 0 Å². The minimum absolute atomic E-state index is 0.123. The van der Waals surface area contributed by atoms with E-state index >= 15 is 0 Å². The van der Waals surface area contributed by atoms with Gasteiger partial charge in [0, 0.05) is 25.3 Å². The van der Waals surface area contributed by atoms with Gasteiger partial charge in [-0.3, -0.25) is 0 Å². The molecule has 0 saturated heterocycles. The molecule has 0 spiro atoms. The highest BCUT2D eigenvalue weighted by Gasteiger charge is 2.44. The zero-order valence-corrected chi connectivity index (χ0v) is 10.5. The predicted molar refractivity (Wildman–Crippen MR) is 68.0 cm³/mol. The van der Waals surface area contributed by atoms with Crippen LogP contribution < -0.4 is 14.4 Å². The van der Waals surface area contributed by atoms with Crippen LogP contribution in [0.5, 0.6) is 11.5 Å². The molecule has 94 valence electrons. The van der Waals surface area contributed by atoms with E-state index in [0.717, 1.165) is 36.6 Å². The Hall–Kier alpha value is -1.89. The average molecular weight is 244 g/mol. The number of nitriles is 1. The zero-order chi connectivity index (χ0) is 12.6. The number of nitrogens with zero attached hydrogens (tertiary/aromatic N) is 2. The first-order chi connectivity index (χ1) is 8.72. The summed E-state index contributed by atoms with van der Waals surface area (Å²) in [5, 5.41) is 9.12. The van der Waals surface area contributed by atoms with Gasteiger partial charge in [-0.2, -0.15) is 5.26 Å². The van der Waals surface area contributed by atoms with Crippen molar-refractivity contribution in [2.75, 3.05) is 31.7 Å². The summed E-state index contributed by atoms with van der Waals surface area (Å²) in [5.74, 6) is 1.60. The zero-order valence-electron chi connectivity index (χ0n) is 10.5. The Kier molecular flexibility index (Phi) is 2.55. The van der Waals surface area contributed by atoms with Gasteiger partial charge in [-0.1, -0.05) is 0 Å².